The van der Waals surface area contributed by atoms with Crippen LogP contribution in [0.5, 0.6) is 0 Å². The minimum atomic E-state index is -9.64. The van der Waals surface area contributed by atoms with E-state index in [2.05, 4.69) is 5.58 Å². The van der Waals surface area contributed by atoms with Crippen molar-refractivity contribution < 1.29 is 17.1 Å². The molecule has 0 spiro atoms. The first-order valence-electron chi connectivity index (χ1n) is 4.36. The van der Waals surface area contributed by atoms with Crippen molar-refractivity contribution in [2.45, 2.75) is 39.3 Å². The van der Waals surface area contributed by atoms with E-state index < -0.39 is 35.2 Å². The van der Waals surface area contributed by atoms with Gasteiger partial charge in [0.15, 0.2) is 0 Å². The molecule has 0 aliphatic rings. The Bertz CT molecular complexity index is 240. The van der Waals surface area contributed by atoms with Crippen LogP contribution in [0, 0.1) is 0 Å². The van der Waals surface area contributed by atoms with Gasteiger partial charge < -0.3 is 0 Å². The van der Waals surface area contributed by atoms with Gasteiger partial charge in [-0.3, -0.25) is 0 Å². The molecule has 0 heterocycles. The summed E-state index contributed by atoms with van der Waals surface area (Å²) < 4.78 is 60.8. The Morgan fingerprint density at radius 3 is 1.00 bits per heavy atom. The van der Waals surface area contributed by atoms with Gasteiger partial charge in [-0.1, -0.05) is 0 Å². The molecule has 0 aliphatic carbocycles. The minimum absolute atomic E-state index is 1.28. The van der Waals surface area contributed by atoms with Crippen LogP contribution in [0.3, 0.4) is 0 Å². The molecule has 0 amide bonds. The van der Waals surface area contributed by atoms with E-state index in [1.54, 1.807) is 0 Å². The number of hydrogen-bond acceptors (Lipinski definition) is 2. The average molecular weight is 382 g/mol. The molecule has 0 aromatic carbocycles. The molecule has 0 saturated carbocycles. The summed E-state index contributed by atoms with van der Waals surface area (Å²) in [6.45, 7) is 7.68. The van der Waals surface area contributed by atoms with E-state index in [1.165, 1.54) is 39.3 Å². The Balaban J connectivity index is 5.17. The van der Waals surface area contributed by atoms with Crippen LogP contribution in [0.2, 0.25) is 39.3 Å². The summed E-state index contributed by atoms with van der Waals surface area (Å²) in [6, 6.07) is 0. The second-order valence-corrected chi connectivity index (χ2v) is 22.2. The molecule has 0 aliphatic heterocycles. The van der Waals surface area contributed by atoms with Crippen LogP contribution >= 0.6 is 0 Å². The van der Waals surface area contributed by atoms with E-state index in [4.69, 9.17) is 0 Å². The predicted molar refractivity (Wildman–Crippen MR) is 59.0 cm³/mol. The van der Waals surface area contributed by atoms with E-state index >= 15 is 0 Å². The third kappa shape index (κ3) is 8.65. The van der Waals surface area contributed by atoms with Gasteiger partial charge in [0.1, 0.15) is 0 Å². The van der Waals surface area contributed by atoms with Crippen molar-refractivity contribution in [3.05, 3.63) is 0 Å². The number of rotatable bonds is 4. The SMILES string of the molecule is C[Si](C)(C)O[Te](F)(F)(F)(F)O[Si](C)(C)C. The van der Waals surface area contributed by atoms with Gasteiger partial charge in [-0.2, -0.15) is 0 Å². The van der Waals surface area contributed by atoms with Crippen LogP contribution in [0.15, 0.2) is 0 Å². The molecule has 96 valence electrons. The normalized spacial score (nSPS) is 19.6. The molecule has 0 aromatic rings. The summed E-state index contributed by atoms with van der Waals surface area (Å²) in [5, 5.41) is 0. The second-order valence-electron chi connectivity index (χ2n) is 5.31. The zero-order valence-electron chi connectivity index (χ0n) is 9.74. The van der Waals surface area contributed by atoms with E-state index in [0.29, 0.717) is 0 Å². The molecule has 0 N–H and O–H groups in total. The third-order valence-corrected chi connectivity index (χ3v) is 16.5. The van der Waals surface area contributed by atoms with Gasteiger partial charge in [-0.25, -0.2) is 0 Å². The molecule has 0 fully saturated rings. The molecule has 0 bridgehead atoms. The number of hydrogen-bond donors (Lipinski definition) is 0. The van der Waals surface area contributed by atoms with Crippen LogP contribution in [0.25, 0.3) is 0 Å². The van der Waals surface area contributed by atoms with Crippen molar-refractivity contribution in [2.24, 2.45) is 0 Å². The average Bonchev–Trinajstić information content (AvgIpc) is 1.36. The van der Waals surface area contributed by atoms with Crippen molar-refractivity contribution in [1.29, 1.82) is 0 Å². The molecule has 2 nitrogen and oxygen atoms in total. The van der Waals surface area contributed by atoms with Gasteiger partial charge >= 0.3 is 91.6 Å². The summed E-state index contributed by atoms with van der Waals surface area (Å²) in [7, 11) is -6.11. The molecule has 0 rings (SSSR count). The van der Waals surface area contributed by atoms with Gasteiger partial charge in [0.2, 0.25) is 0 Å². The molecule has 0 atom stereocenters. The molecule has 9 heteroatoms. The fourth-order valence-corrected chi connectivity index (χ4v) is 20.3. The zero-order valence-corrected chi connectivity index (χ0v) is 14.1. The molecule has 0 unspecified atom stereocenters. The monoisotopic (exact) mass is 384 g/mol. The van der Waals surface area contributed by atoms with Gasteiger partial charge in [-0.15, -0.1) is 0 Å². The third-order valence-electron chi connectivity index (χ3n) is 0.820. The van der Waals surface area contributed by atoms with E-state index in [1.807, 2.05) is 0 Å². The van der Waals surface area contributed by atoms with E-state index in [-0.39, 0.29) is 0 Å². The topological polar surface area (TPSA) is 18.5 Å². The first kappa shape index (κ1) is 15.9. The van der Waals surface area contributed by atoms with Gasteiger partial charge in [0.25, 0.3) is 0 Å². The van der Waals surface area contributed by atoms with Crippen molar-refractivity contribution in [2.75, 3.05) is 0 Å². The van der Waals surface area contributed by atoms with Crippen molar-refractivity contribution in [3.63, 3.8) is 0 Å². The first-order valence-corrected chi connectivity index (χ1v) is 16.6. The molecule has 0 aromatic heterocycles. The molecule has 0 saturated heterocycles. The Morgan fingerprint density at radius 1 is 0.667 bits per heavy atom. The van der Waals surface area contributed by atoms with Crippen LogP contribution in [-0.4, -0.2) is 35.2 Å². The Morgan fingerprint density at radius 2 is 0.867 bits per heavy atom. The van der Waals surface area contributed by atoms with Crippen LogP contribution in [0.4, 0.5) is 11.6 Å². The summed E-state index contributed by atoms with van der Waals surface area (Å²) in [5.74, 6) is 0. The van der Waals surface area contributed by atoms with E-state index in [0.717, 1.165) is 0 Å². The van der Waals surface area contributed by atoms with Crippen LogP contribution < -0.4 is 0 Å². The standard InChI is InChI=1S/C6H18F4O2Si2Te/c1-13(2,3)11-15(7,8,9,10)12-14(4,5)6/h1-6H3. The molecular weight excluding hydrogens is 364 g/mol. The van der Waals surface area contributed by atoms with Crippen molar-refractivity contribution in [3.8, 4) is 0 Å². The van der Waals surface area contributed by atoms with Gasteiger partial charge in [0, 0.05) is 0 Å². The summed E-state index contributed by atoms with van der Waals surface area (Å²) >= 11 is -9.64. The zero-order chi connectivity index (χ0) is 12.8. The molecule has 15 heavy (non-hydrogen) atoms. The molecular formula is C6H18F4O2Si2Te. The van der Waals surface area contributed by atoms with Crippen LogP contribution in [0.1, 0.15) is 0 Å². The Kier molecular flexibility index (Phi) is 3.39. The van der Waals surface area contributed by atoms with Crippen molar-refractivity contribution in [1.82, 2.24) is 0 Å². The van der Waals surface area contributed by atoms with Crippen LogP contribution in [-0.2, 0) is 5.58 Å². The van der Waals surface area contributed by atoms with E-state index in [9.17, 15) is 11.6 Å². The van der Waals surface area contributed by atoms with Gasteiger partial charge in [-0.05, 0) is 0 Å². The fourth-order valence-electron chi connectivity index (χ4n) is 0.977. The Hall–Kier alpha value is 0.863. The predicted octanol–water partition coefficient (Wildman–Crippen LogP) is 3.90. The Labute approximate surface area is 91.5 Å². The first-order chi connectivity index (χ1) is 5.92. The maximum absolute atomic E-state index is 13.3. The second kappa shape index (κ2) is 3.20. The maximum atomic E-state index is 13.3. The van der Waals surface area contributed by atoms with Crippen molar-refractivity contribution >= 4 is 35.2 Å². The summed E-state index contributed by atoms with van der Waals surface area (Å²) in [5.41, 5.74) is 0. The molecule has 0 radical (unpaired) electrons. The fraction of sp³-hybridized carbons (Fsp3) is 1.00. The summed E-state index contributed by atoms with van der Waals surface area (Å²) in [6.07, 6.45) is 0. The number of halogens is 4. The quantitative estimate of drug-likeness (QED) is 0.543. The summed E-state index contributed by atoms with van der Waals surface area (Å²) in [4.78, 5) is 0. The van der Waals surface area contributed by atoms with Gasteiger partial charge in [0.05, 0.1) is 0 Å².